The number of nitrogens with zero attached hydrogens (tertiary/aromatic N) is 5. The van der Waals surface area contributed by atoms with Crippen LogP contribution in [0, 0.1) is 0 Å². The summed E-state index contributed by atoms with van der Waals surface area (Å²) >= 11 is 6.37. The lowest BCUT2D eigenvalue weighted by molar-refractivity contribution is 0.174. The van der Waals surface area contributed by atoms with Gasteiger partial charge in [0.1, 0.15) is 6.61 Å². The normalized spacial score (nSPS) is 11.7. The second-order valence-corrected chi connectivity index (χ2v) is 5.95. The lowest BCUT2D eigenvalue weighted by atomic mass is 10.2. The van der Waals surface area contributed by atoms with E-state index < -0.39 is 0 Å². The summed E-state index contributed by atoms with van der Waals surface area (Å²) in [5.41, 5.74) is 1.96. The molecule has 128 valence electrons. The maximum absolute atomic E-state index is 6.37. The van der Waals surface area contributed by atoms with Gasteiger partial charge in [-0.2, -0.15) is 10.1 Å². The van der Waals surface area contributed by atoms with Crippen molar-refractivity contribution >= 4 is 22.5 Å². The van der Waals surface area contributed by atoms with Crippen LogP contribution in [0.2, 0.25) is 5.02 Å². The largest absolute Gasteiger partial charge is 0.377 e. The summed E-state index contributed by atoms with van der Waals surface area (Å²) < 4.78 is 12.1. The van der Waals surface area contributed by atoms with E-state index in [0.717, 1.165) is 23.1 Å². The first-order valence-corrected chi connectivity index (χ1v) is 8.13. The molecular weight excluding hydrogens is 330 g/mol. The third kappa shape index (κ3) is 3.43. The van der Waals surface area contributed by atoms with Crippen molar-refractivity contribution in [2.24, 2.45) is 7.05 Å². The monoisotopic (exact) mass is 349 g/mol. The molecule has 3 rings (SSSR count). The summed E-state index contributed by atoms with van der Waals surface area (Å²) in [5, 5.41) is 10.2. The first-order valence-electron chi connectivity index (χ1n) is 7.75. The molecule has 0 radical (unpaired) electrons. The van der Waals surface area contributed by atoms with Gasteiger partial charge < -0.3 is 9.26 Å². The van der Waals surface area contributed by atoms with Gasteiger partial charge in [-0.3, -0.25) is 9.58 Å². The van der Waals surface area contributed by atoms with Gasteiger partial charge in [-0.15, -0.1) is 0 Å². The lowest BCUT2D eigenvalue weighted by Crippen LogP contribution is -2.23. The average molecular weight is 350 g/mol. The van der Waals surface area contributed by atoms with Crippen LogP contribution in [-0.2, 0) is 31.5 Å². The zero-order valence-electron chi connectivity index (χ0n) is 14.0. The number of rotatable bonds is 7. The Hall–Kier alpha value is -1.96. The van der Waals surface area contributed by atoms with Crippen molar-refractivity contribution in [3.63, 3.8) is 0 Å². The first kappa shape index (κ1) is 16.9. The van der Waals surface area contributed by atoms with Gasteiger partial charge in [0.2, 0.25) is 5.89 Å². The molecule has 3 aromatic rings. The Morgan fingerprint density at radius 2 is 2.17 bits per heavy atom. The molecule has 7 nitrogen and oxygen atoms in total. The quantitative estimate of drug-likeness (QED) is 0.653. The van der Waals surface area contributed by atoms with Gasteiger partial charge in [0.05, 0.1) is 22.8 Å². The Labute approximate surface area is 145 Å². The van der Waals surface area contributed by atoms with E-state index in [9.17, 15) is 0 Å². The van der Waals surface area contributed by atoms with Gasteiger partial charge in [0.15, 0.2) is 5.82 Å². The summed E-state index contributed by atoms with van der Waals surface area (Å²) in [5.74, 6) is 1.12. The van der Waals surface area contributed by atoms with Crippen LogP contribution in [0.1, 0.15) is 24.3 Å². The third-order valence-corrected chi connectivity index (χ3v) is 4.18. The molecule has 0 unspecified atom stereocenters. The summed E-state index contributed by atoms with van der Waals surface area (Å²) in [7, 11) is 3.53. The fourth-order valence-electron chi connectivity index (χ4n) is 2.69. The van der Waals surface area contributed by atoms with Crippen molar-refractivity contribution in [1.82, 2.24) is 24.8 Å². The second-order valence-electron chi connectivity index (χ2n) is 5.54. The highest BCUT2D eigenvalue weighted by Crippen LogP contribution is 2.27. The highest BCUT2D eigenvalue weighted by Gasteiger charge is 2.17. The molecule has 0 aliphatic rings. The van der Waals surface area contributed by atoms with Gasteiger partial charge in [0, 0.05) is 26.1 Å². The van der Waals surface area contributed by atoms with Gasteiger partial charge in [0.25, 0.3) is 0 Å². The number of hydrogen-bond donors (Lipinski definition) is 0. The molecule has 0 saturated carbocycles. The van der Waals surface area contributed by atoms with Crippen molar-refractivity contribution in [2.75, 3.05) is 13.7 Å². The molecule has 0 bridgehead atoms. The fourth-order valence-corrected chi connectivity index (χ4v) is 2.97. The third-order valence-electron chi connectivity index (χ3n) is 3.86. The van der Waals surface area contributed by atoms with Crippen LogP contribution >= 0.6 is 11.6 Å². The number of fused-ring (bicyclic) bond motifs is 1. The molecule has 0 amide bonds. The number of ether oxygens (including phenoxy) is 1. The van der Waals surface area contributed by atoms with Crippen LogP contribution in [0.5, 0.6) is 0 Å². The Balaban J connectivity index is 1.80. The molecule has 2 aromatic heterocycles. The van der Waals surface area contributed by atoms with Crippen molar-refractivity contribution in [2.45, 2.75) is 26.6 Å². The van der Waals surface area contributed by atoms with Crippen LogP contribution < -0.4 is 0 Å². The maximum atomic E-state index is 6.37. The minimum Gasteiger partial charge on any atom is -0.377 e. The zero-order chi connectivity index (χ0) is 17.1. The number of hydrogen-bond acceptors (Lipinski definition) is 6. The highest BCUT2D eigenvalue weighted by atomic mass is 35.5. The van der Waals surface area contributed by atoms with Crippen molar-refractivity contribution in [1.29, 1.82) is 0 Å². The maximum Gasteiger partial charge on any atom is 0.240 e. The minimum atomic E-state index is 0.343. The van der Waals surface area contributed by atoms with Gasteiger partial charge in [-0.1, -0.05) is 29.7 Å². The predicted molar refractivity (Wildman–Crippen MR) is 90.5 cm³/mol. The van der Waals surface area contributed by atoms with Crippen LogP contribution in [0.25, 0.3) is 10.9 Å². The van der Waals surface area contributed by atoms with E-state index >= 15 is 0 Å². The van der Waals surface area contributed by atoms with Gasteiger partial charge >= 0.3 is 0 Å². The van der Waals surface area contributed by atoms with Crippen LogP contribution in [0.4, 0.5) is 0 Å². The summed E-state index contributed by atoms with van der Waals surface area (Å²) in [6.07, 6.45) is 0. The Morgan fingerprint density at radius 3 is 2.92 bits per heavy atom. The van der Waals surface area contributed by atoms with Crippen molar-refractivity contribution in [3.05, 3.63) is 40.6 Å². The van der Waals surface area contributed by atoms with E-state index in [1.54, 1.807) is 7.11 Å². The number of aromatic nitrogens is 4. The molecule has 2 heterocycles. The molecule has 8 heteroatoms. The number of benzene rings is 1. The topological polar surface area (TPSA) is 69.2 Å². The van der Waals surface area contributed by atoms with Crippen LogP contribution in [0.15, 0.2) is 22.7 Å². The Bertz CT molecular complexity index is 829. The predicted octanol–water partition coefficient (Wildman–Crippen LogP) is 2.78. The summed E-state index contributed by atoms with van der Waals surface area (Å²) in [6, 6.07) is 5.84. The van der Waals surface area contributed by atoms with Gasteiger partial charge in [-0.25, -0.2) is 0 Å². The smallest absolute Gasteiger partial charge is 0.240 e. The molecule has 0 aliphatic heterocycles. The molecular formula is C16H20ClN5O2. The van der Waals surface area contributed by atoms with E-state index in [1.165, 1.54) is 0 Å². The van der Waals surface area contributed by atoms with E-state index in [0.29, 0.717) is 36.4 Å². The number of methoxy groups -OCH3 is 1. The Kier molecular flexibility index (Phi) is 5.13. The van der Waals surface area contributed by atoms with Gasteiger partial charge in [-0.05, 0) is 18.7 Å². The highest BCUT2D eigenvalue weighted by molar-refractivity contribution is 6.35. The summed E-state index contributed by atoms with van der Waals surface area (Å²) in [4.78, 5) is 6.49. The molecule has 1 aromatic carbocycles. The molecule has 0 fully saturated rings. The van der Waals surface area contributed by atoms with Crippen LogP contribution in [-0.4, -0.2) is 38.5 Å². The molecule has 0 N–H and O–H groups in total. The molecule has 0 aliphatic carbocycles. The SMILES string of the molecule is CCN(Cc1nc(COC)no1)Cc1nn(C)c2cccc(Cl)c12. The van der Waals surface area contributed by atoms with E-state index in [4.69, 9.17) is 20.9 Å². The fraction of sp³-hybridized carbons (Fsp3) is 0.438. The molecule has 0 spiro atoms. The standard InChI is InChI=1S/C16H20ClN5O2/c1-4-22(9-15-18-14(10-23-3)20-24-15)8-12-16-11(17)6-5-7-13(16)21(2)19-12/h5-7H,4,8-10H2,1-3H3. The number of aryl methyl sites for hydroxylation is 1. The van der Waals surface area contributed by atoms with E-state index in [-0.39, 0.29) is 0 Å². The first-order chi connectivity index (χ1) is 11.6. The van der Waals surface area contributed by atoms with Crippen molar-refractivity contribution < 1.29 is 9.26 Å². The van der Waals surface area contributed by atoms with E-state index in [2.05, 4.69) is 27.1 Å². The lowest BCUT2D eigenvalue weighted by Gasteiger charge is -2.17. The molecule has 24 heavy (non-hydrogen) atoms. The molecule has 0 saturated heterocycles. The van der Waals surface area contributed by atoms with E-state index in [1.807, 2.05) is 29.9 Å². The second kappa shape index (κ2) is 7.29. The zero-order valence-corrected chi connectivity index (χ0v) is 14.7. The van der Waals surface area contributed by atoms with Crippen LogP contribution in [0.3, 0.4) is 0 Å². The minimum absolute atomic E-state index is 0.343. The Morgan fingerprint density at radius 1 is 1.33 bits per heavy atom. The summed E-state index contributed by atoms with van der Waals surface area (Å²) in [6.45, 7) is 4.45. The number of halogens is 1. The van der Waals surface area contributed by atoms with Crippen molar-refractivity contribution in [3.8, 4) is 0 Å². The average Bonchev–Trinajstić information content (AvgIpc) is 3.13. The molecule has 0 atom stereocenters.